The number of hydrogen-bond donors (Lipinski definition) is 1. The molecule has 1 fully saturated rings. The molecular weight excluding hydrogens is 186 g/mol. The summed E-state index contributed by atoms with van der Waals surface area (Å²) in [6, 6.07) is 8.12. The highest BCUT2D eigenvalue weighted by molar-refractivity contribution is 6.15. The second-order valence-corrected chi connectivity index (χ2v) is 4.15. The summed E-state index contributed by atoms with van der Waals surface area (Å²) in [5.74, 6) is 0.211. The van der Waals surface area contributed by atoms with E-state index in [1.165, 1.54) is 10.8 Å². The zero-order chi connectivity index (χ0) is 10.3. The Morgan fingerprint density at radius 1 is 1.27 bits per heavy atom. The molecule has 1 atom stereocenters. The minimum atomic E-state index is -0.0475. The lowest BCUT2D eigenvalue weighted by Crippen LogP contribution is -2.49. The molecule has 0 saturated carbocycles. The summed E-state index contributed by atoms with van der Waals surface area (Å²) in [6.45, 7) is 0.954. The van der Waals surface area contributed by atoms with Crippen molar-refractivity contribution in [3.05, 3.63) is 34.7 Å². The van der Waals surface area contributed by atoms with E-state index in [1.54, 1.807) is 6.08 Å². The number of fused-ring (bicyclic) bond motifs is 2. The van der Waals surface area contributed by atoms with Crippen LogP contribution < -0.4 is 15.8 Å². The zero-order valence-corrected chi connectivity index (χ0v) is 8.49. The molecule has 0 bridgehead atoms. The van der Waals surface area contributed by atoms with Crippen LogP contribution in [0.4, 0.5) is 0 Å². The fraction of sp³-hybridized carbons (Fsp3) is 0.308. The second-order valence-electron chi connectivity index (χ2n) is 4.15. The normalized spacial score (nSPS) is 24.1. The molecule has 0 spiro atoms. The molecule has 0 aromatic heterocycles. The van der Waals surface area contributed by atoms with Gasteiger partial charge in [-0.25, -0.2) is 0 Å². The smallest absolute Gasteiger partial charge is 0.177 e. The monoisotopic (exact) mass is 199 g/mol. The number of rotatable bonds is 0. The van der Waals surface area contributed by atoms with Crippen LogP contribution in [0.2, 0.25) is 0 Å². The standard InChI is InChI=1S/C13H13NO/c15-12-8-9-4-1-2-5-10(9)11-6-3-7-14-13(11)12/h1-2,4-5,8,13-14H,3,6-7H2. The Kier molecular flexibility index (Phi) is 1.96. The van der Waals surface area contributed by atoms with Gasteiger partial charge in [-0.05, 0) is 41.5 Å². The number of ketones is 1. The molecule has 1 aliphatic heterocycles. The van der Waals surface area contributed by atoms with E-state index < -0.39 is 0 Å². The number of carbonyl (C=O) groups excluding carboxylic acids is 1. The third-order valence-electron chi connectivity index (χ3n) is 3.21. The Bertz CT molecular complexity index is 530. The molecule has 1 N–H and O–H groups in total. The zero-order valence-electron chi connectivity index (χ0n) is 8.49. The van der Waals surface area contributed by atoms with Crippen molar-refractivity contribution in [3.8, 4) is 0 Å². The van der Waals surface area contributed by atoms with Crippen LogP contribution >= 0.6 is 0 Å². The summed E-state index contributed by atoms with van der Waals surface area (Å²) >= 11 is 0. The van der Waals surface area contributed by atoms with Gasteiger partial charge in [0.2, 0.25) is 0 Å². The highest BCUT2D eigenvalue weighted by Gasteiger charge is 2.26. The third-order valence-corrected chi connectivity index (χ3v) is 3.21. The van der Waals surface area contributed by atoms with Crippen LogP contribution in [0.15, 0.2) is 24.3 Å². The van der Waals surface area contributed by atoms with E-state index in [0.29, 0.717) is 0 Å². The van der Waals surface area contributed by atoms with Gasteiger partial charge in [-0.2, -0.15) is 0 Å². The summed E-state index contributed by atoms with van der Waals surface area (Å²) in [7, 11) is 0. The SMILES string of the molecule is O=C1C=c2ccccc2=C2CCCNC12. The van der Waals surface area contributed by atoms with E-state index in [2.05, 4.69) is 11.4 Å². The Morgan fingerprint density at radius 2 is 2.13 bits per heavy atom. The Labute approximate surface area is 88.3 Å². The maximum absolute atomic E-state index is 11.9. The van der Waals surface area contributed by atoms with Gasteiger partial charge in [-0.1, -0.05) is 24.3 Å². The largest absolute Gasteiger partial charge is 0.304 e. The second kappa shape index (κ2) is 3.31. The number of hydrogen-bond acceptors (Lipinski definition) is 2. The lowest BCUT2D eigenvalue weighted by atomic mass is 9.88. The first-order valence-corrected chi connectivity index (χ1v) is 5.43. The van der Waals surface area contributed by atoms with Crippen molar-refractivity contribution >= 4 is 17.4 Å². The molecule has 1 aromatic carbocycles. The van der Waals surface area contributed by atoms with Gasteiger partial charge in [-0.3, -0.25) is 4.79 Å². The lowest BCUT2D eigenvalue weighted by molar-refractivity contribution is -0.114. The number of nitrogens with one attached hydrogen (secondary N) is 1. The van der Waals surface area contributed by atoms with Crippen molar-refractivity contribution in [2.45, 2.75) is 18.9 Å². The molecule has 3 rings (SSSR count). The molecule has 0 radical (unpaired) electrons. The highest BCUT2D eigenvalue weighted by Crippen LogP contribution is 2.17. The maximum Gasteiger partial charge on any atom is 0.177 e. The molecule has 15 heavy (non-hydrogen) atoms. The predicted octanol–water partition coefficient (Wildman–Crippen LogP) is -0.0475. The summed E-state index contributed by atoms with van der Waals surface area (Å²) in [6.07, 6.45) is 3.95. The van der Waals surface area contributed by atoms with Crippen LogP contribution in [-0.4, -0.2) is 18.4 Å². The third kappa shape index (κ3) is 1.33. The van der Waals surface area contributed by atoms with Crippen molar-refractivity contribution in [1.82, 2.24) is 5.32 Å². The first-order chi connectivity index (χ1) is 7.36. The van der Waals surface area contributed by atoms with Gasteiger partial charge < -0.3 is 5.32 Å². The average molecular weight is 199 g/mol. The highest BCUT2D eigenvalue weighted by atomic mass is 16.1. The van der Waals surface area contributed by atoms with Gasteiger partial charge in [0.25, 0.3) is 0 Å². The quantitative estimate of drug-likeness (QED) is 0.635. The van der Waals surface area contributed by atoms with Crippen molar-refractivity contribution < 1.29 is 4.79 Å². The number of piperidine rings is 1. The van der Waals surface area contributed by atoms with Crippen LogP contribution in [0, 0.1) is 0 Å². The molecule has 2 nitrogen and oxygen atoms in total. The number of Topliss-reactive ketones (excluding diaryl/α,β-unsaturated/α-hetero) is 1. The van der Waals surface area contributed by atoms with Crippen molar-refractivity contribution in [2.75, 3.05) is 6.54 Å². The van der Waals surface area contributed by atoms with Crippen LogP contribution in [0.25, 0.3) is 11.6 Å². The van der Waals surface area contributed by atoms with E-state index in [1.807, 2.05) is 18.2 Å². The van der Waals surface area contributed by atoms with E-state index in [0.717, 1.165) is 24.6 Å². The first-order valence-electron chi connectivity index (χ1n) is 5.43. The van der Waals surface area contributed by atoms with Gasteiger partial charge >= 0.3 is 0 Å². The Hall–Kier alpha value is -1.41. The van der Waals surface area contributed by atoms with Crippen LogP contribution in [0.5, 0.6) is 0 Å². The van der Waals surface area contributed by atoms with E-state index in [4.69, 9.17) is 0 Å². The van der Waals surface area contributed by atoms with Crippen LogP contribution in [-0.2, 0) is 4.79 Å². The fourth-order valence-corrected chi connectivity index (χ4v) is 2.51. The van der Waals surface area contributed by atoms with Gasteiger partial charge in [0.05, 0.1) is 6.04 Å². The van der Waals surface area contributed by atoms with E-state index in [-0.39, 0.29) is 11.8 Å². The molecule has 2 heteroatoms. The minimum Gasteiger partial charge on any atom is -0.304 e. The molecule has 0 amide bonds. The van der Waals surface area contributed by atoms with Crippen LogP contribution in [0.3, 0.4) is 0 Å². The minimum absolute atomic E-state index is 0.0475. The predicted molar refractivity (Wildman–Crippen MR) is 59.6 cm³/mol. The molecular formula is C13H13NO. The summed E-state index contributed by atoms with van der Waals surface area (Å²) in [5.41, 5.74) is 1.28. The van der Waals surface area contributed by atoms with E-state index >= 15 is 0 Å². The molecule has 1 aromatic rings. The average Bonchev–Trinajstić information content (AvgIpc) is 2.30. The van der Waals surface area contributed by atoms with Gasteiger partial charge in [0, 0.05) is 0 Å². The molecule has 1 heterocycles. The van der Waals surface area contributed by atoms with Gasteiger partial charge in [0.15, 0.2) is 5.78 Å². The fourth-order valence-electron chi connectivity index (χ4n) is 2.51. The maximum atomic E-state index is 11.9. The summed E-state index contributed by atoms with van der Waals surface area (Å²) in [5, 5.41) is 5.63. The van der Waals surface area contributed by atoms with Gasteiger partial charge in [-0.15, -0.1) is 0 Å². The van der Waals surface area contributed by atoms with Crippen molar-refractivity contribution in [2.24, 2.45) is 0 Å². The topological polar surface area (TPSA) is 29.1 Å². The molecule has 1 unspecified atom stereocenters. The number of carbonyl (C=O) groups is 1. The van der Waals surface area contributed by atoms with E-state index in [9.17, 15) is 4.79 Å². The Morgan fingerprint density at radius 3 is 3.07 bits per heavy atom. The summed E-state index contributed by atoms with van der Waals surface area (Å²) in [4.78, 5) is 11.9. The number of benzene rings is 1. The van der Waals surface area contributed by atoms with Crippen LogP contribution in [0.1, 0.15) is 12.8 Å². The molecule has 76 valence electrons. The molecule has 2 aliphatic rings. The van der Waals surface area contributed by atoms with Gasteiger partial charge in [0.1, 0.15) is 0 Å². The lowest BCUT2D eigenvalue weighted by Gasteiger charge is -2.27. The summed E-state index contributed by atoms with van der Waals surface area (Å²) < 4.78 is 0. The molecule has 1 saturated heterocycles. The molecule has 1 aliphatic carbocycles. The Balaban J connectivity index is 2.33. The van der Waals surface area contributed by atoms with Crippen molar-refractivity contribution in [1.29, 1.82) is 0 Å². The van der Waals surface area contributed by atoms with Crippen molar-refractivity contribution in [3.63, 3.8) is 0 Å². The first kappa shape index (κ1) is 8.86.